The number of fused-ring (bicyclic) bond motifs is 3. The molecule has 3 rings (SSSR count). The van der Waals surface area contributed by atoms with Crippen molar-refractivity contribution in [3.63, 3.8) is 0 Å². The first-order chi connectivity index (χ1) is 13.2. The third-order valence-electron chi connectivity index (χ3n) is 6.87. The minimum absolute atomic E-state index is 0.148. The Morgan fingerprint density at radius 1 is 1.04 bits per heavy atom. The van der Waals surface area contributed by atoms with Crippen LogP contribution in [0.3, 0.4) is 0 Å². The molecule has 0 saturated carbocycles. The average Bonchev–Trinajstić information content (AvgIpc) is 2.64. The summed E-state index contributed by atoms with van der Waals surface area (Å²) in [6.07, 6.45) is 2.66. The average molecular weight is 405 g/mol. The van der Waals surface area contributed by atoms with Crippen LogP contribution in [0.25, 0.3) is 0 Å². The van der Waals surface area contributed by atoms with Gasteiger partial charge in [0.1, 0.15) is 12.4 Å². The van der Waals surface area contributed by atoms with Crippen LogP contribution in [-0.4, -0.2) is 33.9 Å². The summed E-state index contributed by atoms with van der Waals surface area (Å²) in [5.41, 5.74) is 4.00. The molecule has 0 N–H and O–H groups in total. The fourth-order valence-electron chi connectivity index (χ4n) is 5.61. The number of aryl methyl sites for hydroxylation is 1. The molecule has 4 nitrogen and oxygen atoms in total. The molecule has 5 heteroatoms. The Kier molecular flexibility index (Phi) is 6.25. The van der Waals surface area contributed by atoms with Crippen LogP contribution >= 0.6 is 0 Å². The van der Waals surface area contributed by atoms with Crippen molar-refractivity contribution in [3.8, 4) is 11.5 Å². The normalized spacial score (nSPS) is 22.4. The van der Waals surface area contributed by atoms with Crippen LogP contribution in [0.4, 0.5) is 0 Å². The lowest BCUT2D eigenvalue weighted by Gasteiger charge is -2.43. The minimum atomic E-state index is -2.07. The Morgan fingerprint density at radius 3 is 2.25 bits per heavy atom. The van der Waals surface area contributed by atoms with Crippen LogP contribution in [0.15, 0.2) is 12.1 Å². The maximum Gasteiger partial charge on any atom is 0.258 e. The summed E-state index contributed by atoms with van der Waals surface area (Å²) >= 11 is 0. The van der Waals surface area contributed by atoms with Crippen molar-refractivity contribution in [2.75, 3.05) is 13.7 Å². The van der Waals surface area contributed by atoms with Gasteiger partial charge in [0.2, 0.25) is 0 Å². The number of hydrogen-bond acceptors (Lipinski definition) is 4. The van der Waals surface area contributed by atoms with Crippen LogP contribution in [0, 0.1) is 0 Å². The summed E-state index contributed by atoms with van der Waals surface area (Å²) in [6, 6.07) is 4.31. The molecular weight excluding hydrogens is 368 g/mol. The quantitative estimate of drug-likeness (QED) is 0.576. The van der Waals surface area contributed by atoms with Gasteiger partial charge in [-0.25, -0.2) is 0 Å². The molecule has 0 aromatic heterocycles. The number of ketones is 1. The van der Waals surface area contributed by atoms with Crippen molar-refractivity contribution in [1.82, 2.24) is 0 Å². The molecular formula is C23H36O4Si. The first-order valence-corrected chi connectivity index (χ1v) is 12.9. The first-order valence-electron chi connectivity index (χ1n) is 10.7. The van der Waals surface area contributed by atoms with E-state index in [1.165, 1.54) is 11.1 Å². The Hall–Kier alpha value is -1.33. The zero-order valence-electron chi connectivity index (χ0n) is 18.5. The van der Waals surface area contributed by atoms with E-state index in [0.29, 0.717) is 23.0 Å². The van der Waals surface area contributed by atoms with E-state index < -0.39 is 8.32 Å². The third kappa shape index (κ3) is 3.63. The molecule has 1 saturated heterocycles. The van der Waals surface area contributed by atoms with E-state index in [2.05, 4.69) is 53.7 Å². The van der Waals surface area contributed by atoms with Crippen molar-refractivity contribution in [2.45, 2.75) is 89.5 Å². The highest BCUT2D eigenvalue weighted by Gasteiger charge is 2.47. The molecule has 2 aliphatic rings. The van der Waals surface area contributed by atoms with Crippen LogP contribution in [-0.2, 0) is 16.0 Å². The highest BCUT2D eigenvalue weighted by Crippen LogP contribution is 2.47. The molecule has 0 unspecified atom stereocenters. The number of benzene rings is 1. The molecule has 0 spiro atoms. The van der Waals surface area contributed by atoms with Crippen molar-refractivity contribution in [3.05, 3.63) is 23.3 Å². The summed E-state index contributed by atoms with van der Waals surface area (Å²) in [7, 11) is -0.357. The molecule has 1 fully saturated rings. The van der Waals surface area contributed by atoms with E-state index in [-0.39, 0.29) is 24.4 Å². The Bertz CT molecular complexity index is 704. The number of methoxy groups -OCH3 is 1. The first kappa shape index (κ1) is 21.4. The van der Waals surface area contributed by atoms with Crippen molar-refractivity contribution < 1.29 is 18.7 Å². The molecule has 0 radical (unpaired) electrons. The zero-order valence-corrected chi connectivity index (χ0v) is 19.5. The smallest absolute Gasteiger partial charge is 0.258 e. The lowest BCUT2D eigenvalue weighted by molar-refractivity contribution is -0.133. The minimum Gasteiger partial charge on any atom is -0.540 e. The van der Waals surface area contributed by atoms with Gasteiger partial charge in [-0.3, -0.25) is 4.79 Å². The molecule has 28 heavy (non-hydrogen) atoms. The molecule has 1 aromatic rings. The van der Waals surface area contributed by atoms with Gasteiger partial charge in [0.25, 0.3) is 8.32 Å². The van der Waals surface area contributed by atoms with Crippen LogP contribution in [0.2, 0.25) is 16.6 Å². The Morgan fingerprint density at radius 2 is 1.68 bits per heavy atom. The molecule has 0 amide bonds. The largest absolute Gasteiger partial charge is 0.540 e. The van der Waals surface area contributed by atoms with E-state index >= 15 is 0 Å². The lowest BCUT2D eigenvalue weighted by Crippen LogP contribution is -2.50. The third-order valence-corrected chi connectivity index (χ3v) is 12.9. The van der Waals surface area contributed by atoms with Crippen LogP contribution in [0.1, 0.15) is 71.4 Å². The summed E-state index contributed by atoms with van der Waals surface area (Å²) in [4.78, 5) is 12.0. The summed E-state index contributed by atoms with van der Waals surface area (Å²) in [5, 5.41) is 0. The SMILES string of the molecule is COc1cc2c(cc1O[Si](C(C)C)(C(C)C)C(C)C)CC[C@H]1OCC(=O)C[C@@H]21. The van der Waals surface area contributed by atoms with Crippen LogP contribution < -0.4 is 9.16 Å². The van der Waals surface area contributed by atoms with Crippen molar-refractivity contribution >= 4 is 14.1 Å². The van der Waals surface area contributed by atoms with Gasteiger partial charge in [-0.1, -0.05) is 41.5 Å². The van der Waals surface area contributed by atoms with Crippen molar-refractivity contribution in [1.29, 1.82) is 0 Å². The van der Waals surface area contributed by atoms with E-state index in [1.54, 1.807) is 7.11 Å². The number of carbonyl (C=O) groups is 1. The molecule has 156 valence electrons. The number of Topliss-reactive ketones (excluding diaryl/α,β-unsaturated/α-hetero) is 1. The molecule has 1 aliphatic heterocycles. The van der Waals surface area contributed by atoms with Gasteiger partial charge in [0, 0.05) is 12.3 Å². The van der Waals surface area contributed by atoms with Crippen LogP contribution in [0.5, 0.6) is 11.5 Å². The Labute approximate surface area is 171 Å². The molecule has 1 aliphatic carbocycles. The van der Waals surface area contributed by atoms with Crippen molar-refractivity contribution in [2.24, 2.45) is 0 Å². The van der Waals surface area contributed by atoms with Gasteiger partial charge in [-0.05, 0) is 52.7 Å². The highest BCUT2D eigenvalue weighted by molar-refractivity contribution is 6.78. The monoisotopic (exact) mass is 404 g/mol. The number of rotatable bonds is 6. The number of hydrogen-bond donors (Lipinski definition) is 0. The number of ether oxygens (including phenoxy) is 2. The zero-order chi connectivity index (χ0) is 20.6. The maximum atomic E-state index is 12.0. The Balaban J connectivity index is 2.03. The van der Waals surface area contributed by atoms with E-state index in [1.807, 2.05) is 0 Å². The van der Waals surface area contributed by atoms with Gasteiger partial charge in [-0.15, -0.1) is 0 Å². The second-order valence-corrected chi connectivity index (χ2v) is 14.7. The second-order valence-electron chi connectivity index (χ2n) is 9.36. The van der Waals surface area contributed by atoms with Gasteiger partial charge in [0.15, 0.2) is 11.5 Å². The van der Waals surface area contributed by atoms with E-state index in [9.17, 15) is 4.79 Å². The van der Waals surface area contributed by atoms with Gasteiger partial charge < -0.3 is 13.9 Å². The van der Waals surface area contributed by atoms with Gasteiger partial charge in [-0.2, -0.15) is 0 Å². The molecule has 0 bridgehead atoms. The standard InChI is InChI=1S/C23H36O4Si/c1-14(2)28(15(3)4,16(5)6)27-23-10-17-8-9-21-20(11-18(24)13-26-21)19(17)12-22(23)25-7/h10,12,14-16,20-21H,8-9,11,13H2,1-7H3/t20-,21+/m0/s1. The second kappa shape index (κ2) is 8.19. The van der Waals surface area contributed by atoms with Gasteiger partial charge in [0.05, 0.1) is 13.2 Å². The summed E-state index contributed by atoms with van der Waals surface area (Å²) in [5.74, 6) is 2.01. The molecule has 1 aromatic carbocycles. The van der Waals surface area contributed by atoms with Gasteiger partial charge >= 0.3 is 0 Å². The van der Waals surface area contributed by atoms with E-state index in [0.717, 1.165) is 24.3 Å². The fourth-order valence-corrected chi connectivity index (χ4v) is 10.9. The van der Waals surface area contributed by atoms with E-state index in [4.69, 9.17) is 13.9 Å². The number of carbonyl (C=O) groups excluding carboxylic acids is 1. The summed E-state index contributed by atoms with van der Waals surface area (Å²) < 4.78 is 18.5. The lowest BCUT2D eigenvalue weighted by atomic mass is 9.77. The predicted molar refractivity (Wildman–Crippen MR) is 115 cm³/mol. The predicted octanol–water partition coefficient (Wildman–Crippen LogP) is 5.64. The summed E-state index contributed by atoms with van der Waals surface area (Å²) in [6.45, 7) is 14.1. The fraction of sp³-hybridized carbons (Fsp3) is 0.696. The molecule has 1 heterocycles. The highest BCUT2D eigenvalue weighted by atomic mass is 28.4. The topological polar surface area (TPSA) is 44.8 Å². The maximum absolute atomic E-state index is 12.0. The molecule has 2 atom stereocenters.